The standard InChI is InChI=1S/C15H16ClNO3/c1-3-20-15(18)13-5-4-8-17(13)10-11-9-12(16)6-7-14(11)19-2/h4-9H,3,10H2,1-2H3. The first-order valence-corrected chi connectivity index (χ1v) is 6.68. The topological polar surface area (TPSA) is 40.5 Å². The lowest BCUT2D eigenvalue weighted by molar-refractivity contribution is 0.0514. The Balaban J connectivity index is 2.29. The van der Waals surface area contributed by atoms with Gasteiger partial charge in [0, 0.05) is 16.8 Å². The molecule has 0 N–H and O–H groups in total. The number of esters is 1. The van der Waals surface area contributed by atoms with Gasteiger partial charge in [0.05, 0.1) is 20.3 Å². The Kier molecular flexibility index (Phi) is 4.69. The average Bonchev–Trinajstić information content (AvgIpc) is 2.87. The van der Waals surface area contributed by atoms with Crippen LogP contribution in [-0.2, 0) is 11.3 Å². The number of carbonyl (C=O) groups excluding carboxylic acids is 1. The fourth-order valence-corrected chi connectivity index (χ4v) is 2.19. The molecule has 20 heavy (non-hydrogen) atoms. The van der Waals surface area contributed by atoms with Crippen LogP contribution in [0.2, 0.25) is 5.02 Å². The van der Waals surface area contributed by atoms with Crippen molar-refractivity contribution < 1.29 is 14.3 Å². The van der Waals surface area contributed by atoms with Gasteiger partial charge in [-0.3, -0.25) is 0 Å². The number of hydrogen-bond acceptors (Lipinski definition) is 3. The average molecular weight is 294 g/mol. The Morgan fingerprint density at radius 2 is 2.15 bits per heavy atom. The van der Waals surface area contributed by atoms with Gasteiger partial charge in [-0.05, 0) is 37.3 Å². The van der Waals surface area contributed by atoms with Crippen molar-refractivity contribution in [3.63, 3.8) is 0 Å². The number of rotatable bonds is 5. The molecule has 0 fully saturated rings. The van der Waals surface area contributed by atoms with Crippen molar-refractivity contribution in [2.45, 2.75) is 13.5 Å². The van der Waals surface area contributed by atoms with Gasteiger partial charge in [0.2, 0.25) is 0 Å². The number of halogens is 1. The zero-order valence-corrected chi connectivity index (χ0v) is 12.2. The molecule has 4 nitrogen and oxygen atoms in total. The molecule has 2 aromatic rings. The molecule has 1 aromatic heterocycles. The SMILES string of the molecule is CCOC(=O)c1cccn1Cc1cc(Cl)ccc1OC. The molecule has 5 heteroatoms. The van der Waals surface area contributed by atoms with Crippen LogP contribution in [-0.4, -0.2) is 24.3 Å². The molecule has 0 bridgehead atoms. The van der Waals surface area contributed by atoms with Crippen LogP contribution in [0.5, 0.6) is 5.75 Å². The maximum atomic E-state index is 11.8. The summed E-state index contributed by atoms with van der Waals surface area (Å²) in [6, 6.07) is 8.95. The Morgan fingerprint density at radius 1 is 1.35 bits per heavy atom. The predicted octanol–water partition coefficient (Wildman–Crippen LogP) is 3.38. The van der Waals surface area contributed by atoms with Gasteiger partial charge in [-0.25, -0.2) is 4.79 Å². The zero-order chi connectivity index (χ0) is 14.5. The molecular weight excluding hydrogens is 278 g/mol. The number of ether oxygens (including phenoxy) is 2. The molecule has 2 rings (SSSR count). The molecule has 0 atom stereocenters. The summed E-state index contributed by atoms with van der Waals surface area (Å²) in [6.07, 6.45) is 1.83. The monoisotopic (exact) mass is 293 g/mol. The number of benzene rings is 1. The highest BCUT2D eigenvalue weighted by Crippen LogP contribution is 2.24. The fraction of sp³-hybridized carbons (Fsp3) is 0.267. The summed E-state index contributed by atoms with van der Waals surface area (Å²) >= 11 is 6.01. The minimum atomic E-state index is -0.335. The first kappa shape index (κ1) is 14.5. The van der Waals surface area contributed by atoms with Gasteiger partial charge in [0.15, 0.2) is 0 Å². The van der Waals surface area contributed by atoms with E-state index >= 15 is 0 Å². The van der Waals surface area contributed by atoms with Gasteiger partial charge in [-0.15, -0.1) is 0 Å². The summed E-state index contributed by atoms with van der Waals surface area (Å²) in [4.78, 5) is 11.8. The van der Waals surface area contributed by atoms with Crippen molar-refractivity contribution in [3.05, 3.63) is 52.8 Å². The molecule has 0 aliphatic rings. The Hall–Kier alpha value is -1.94. The van der Waals surface area contributed by atoms with Crippen molar-refractivity contribution in [2.75, 3.05) is 13.7 Å². The minimum absolute atomic E-state index is 0.335. The van der Waals surface area contributed by atoms with Crippen molar-refractivity contribution in [1.82, 2.24) is 4.57 Å². The largest absolute Gasteiger partial charge is 0.496 e. The number of aromatic nitrogens is 1. The van der Waals surface area contributed by atoms with Crippen molar-refractivity contribution in [1.29, 1.82) is 0 Å². The van der Waals surface area contributed by atoms with Crippen molar-refractivity contribution >= 4 is 17.6 Å². The molecule has 0 radical (unpaired) electrons. The summed E-state index contributed by atoms with van der Waals surface area (Å²) in [5.41, 5.74) is 1.41. The van der Waals surface area contributed by atoms with Gasteiger partial charge in [-0.2, -0.15) is 0 Å². The van der Waals surface area contributed by atoms with Crippen LogP contribution in [0, 0.1) is 0 Å². The second-order valence-corrected chi connectivity index (χ2v) is 4.63. The quantitative estimate of drug-likeness (QED) is 0.794. The molecule has 1 heterocycles. The lowest BCUT2D eigenvalue weighted by atomic mass is 10.2. The maximum Gasteiger partial charge on any atom is 0.354 e. The zero-order valence-electron chi connectivity index (χ0n) is 11.4. The minimum Gasteiger partial charge on any atom is -0.496 e. The molecule has 106 valence electrons. The summed E-state index contributed by atoms with van der Waals surface area (Å²) in [5, 5.41) is 0.630. The lowest BCUT2D eigenvalue weighted by Gasteiger charge is -2.12. The smallest absolute Gasteiger partial charge is 0.354 e. The molecule has 0 saturated heterocycles. The van der Waals surface area contributed by atoms with E-state index < -0.39 is 0 Å². The lowest BCUT2D eigenvalue weighted by Crippen LogP contribution is -2.12. The van der Waals surface area contributed by atoms with E-state index in [0.29, 0.717) is 23.9 Å². The highest BCUT2D eigenvalue weighted by molar-refractivity contribution is 6.30. The normalized spacial score (nSPS) is 10.3. The van der Waals surface area contributed by atoms with Gasteiger partial charge < -0.3 is 14.0 Å². The maximum absolute atomic E-state index is 11.8. The third-order valence-electron chi connectivity index (χ3n) is 2.90. The molecule has 1 aromatic carbocycles. The molecule has 0 aliphatic carbocycles. The number of carbonyl (C=O) groups is 1. The summed E-state index contributed by atoms with van der Waals surface area (Å²) in [7, 11) is 1.61. The molecule has 0 unspecified atom stereocenters. The Labute approximate surface area is 122 Å². The van der Waals surface area contributed by atoms with Gasteiger partial charge in [0.25, 0.3) is 0 Å². The van der Waals surface area contributed by atoms with Crippen LogP contribution in [0.15, 0.2) is 36.5 Å². The van der Waals surface area contributed by atoms with Gasteiger partial charge in [-0.1, -0.05) is 11.6 Å². The third kappa shape index (κ3) is 3.14. The number of nitrogens with zero attached hydrogens (tertiary/aromatic N) is 1. The van der Waals surface area contributed by atoms with E-state index in [0.717, 1.165) is 11.3 Å². The molecule has 0 aliphatic heterocycles. The second kappa shape index (κ2) is 6.48. The number of methoxy groups -OCH3 is 1. The van der Waals surface area contributed by atoms with E-state index in [2.05, 4.69) is 0 Å². The van der Waals surface area contributed by atoms with Gasteiger partial charge in [0.1, 0.15) is 11.4 Å². The summed E-state index contributed by atoms with van der Waals surface area (Å²) in [5.74, 6) is 0.399. The highest BCUT2D eigenvalue weighted by atomic mass is 35.5. The van der Waals surface area contributed by atoms with E-state index in [-0.39, 0.29) is 5.97 Å². The first-order valence-electron chi connectivity index (χ1n) is 6.30. The third-order valence-corrected chi connectivity index (χ3v) is 3.13. The van der Waals surface area contributed by atoms with Crippen LogP contribution in [0.1, 0.15) is 23.0 Å². The van der Waals surface area contributed by atoms with Crippen molar-refractivity contribution in [2.24, 2.45) is 0 Å². The van der Waals surface area contributed by atoms with Crippen molar-refractivity contribution in [3.8, 4) is 5.75 Å². The van der Waals surface area contributed by atoms with Crippen LogP contribution in [0.3, 0.4) is 0 Å². The van der Waals surface area contributed by atoms with E-state index in [9.17, 15) is 4.79 Å². The first-order chi connectivity index (χ1) is 9.65. The van der Waals surface area contributed by atoms with E-state index in [4.69, 9.17) is 21.1 Å². The molecule has 0 spiro atoms. The Morgan fingerprint density at radius 3 is 2.85 bits per heavy atom. The van der Waals surface area contributed by atoms with Crippen LogP contribution in [0.4, 0.5) is 0 Å². The predicted molar refractivity (Wildman–Crippen MR) is 77.5 cm³/mol. The van der Waals surface area contributed by atoms with Crippen LogP contribution in [0.25, 0.3) is 0 Å². The molecular formula is C15H16ClNO3. The second-order valence-electron chi connectivity index (χ2n) is 4.20. The van der Waals surface area contributed by atoms with E-state index in [1.165, 1.54) is 0 Å². The van der Waals surface area contributed by atoms with Crippen LogP contribution >= 0.6 is 11.6 Å². The molecule has 0 amide bonds. The fourth-order valence-electron chi connectivity index (χ4n) is 2.00. The molecule has 0 saturated carbocycles. The highest BCUT2D eigenvalue weighted by Gasteiger charge is 2.13. The summed E-state index contributed by atoms with van der Waals surface area (Å²) in [6.45, 7) is 2.63. The number of hydrogen-bond donors (Lipinski definition) is 0. The van der Waals surface area contributed by atoms with E-state index in [1.807, 2.05) is 29.0 Å². The van der Waals surface area contributed by atoms with E-state index in [1.54, 1.807) is 26.2 Å². The summed E-state index contributed by atoms with van der Waals surface area (Å²) < 4.78 is 12.1. The van der Waals surface area contributed by atoms with Gasteiger partial charge >= 0.3 is 5.97 Å². The Bertz CT molecular complexity index is 607. The van der Waals surface area contributed by atoms with Crippen LogP contribution < -0.4 is 4.74 Å².